The lowest BCUT2D eigenvalue weighted by atomic mass is 9.98. The van der Waals surface area contributed by atoms with E-state index in [1.54, 1.807) is 0 Å². The van der Waals surface area contributed by atoms with E-state index >= 15 is 0 Å². The van der Waals surface area contributed by atoms with Gasteiger partial charge < -0.3 is 16.0 Å². The van der Waals surface area contributed by atoms with Crippen molar-refractivity contribution in [3.05, 3.63) is 35.9 Å². The molecule has 3 rings (SSSR count). The van der Waals surface area contributed by atoms with Gasteiger partial charge in [-0.2, -0.15) is 0 Å². The Morgan fingerprint density at radius 1 is 1.21 bits per heavy atom. The maximum absolute atomic E-state index is 12.6. The molecule has 1 aliphatic carbocycles. The smallest absolute Gasteiger partial charge is 0.325 e. The van der Waals surface area contributed by atoms with Crippen molar-refractivity contribution in [1.82, 2.24) is 20.9 Å². The van der Waals surface area contributed by atoms with Crippen LogP contribution in [0.25, 0.3) is 0 Å². The molecule has 7 nitrogen and oxygen atoms in total. The third-order valence-electron chi connectivity index (χ3n) is 5.63. The first-order valence-electron chi connectivity index (χ1n) is 10.3. The highest BCUT2D eigenvalue weighted by atomic mass is 16.2. The molecule has 0 bridgehead atoms. The molecule has 0 unspecified atom stereocenters. The predicted molar refractivity (Wildman–Crippen MR) is 107 cm³/mol. The Bertz CT molecular complexity index is 701. The van der Waals surface area contributed by atoms with Crippen molar-refractivity contribution in [2.45, 2.75) is 63.5 Å². The van der Waals surface area contributed by atoms with E-state index in [9.17, 15) is 14.4 Å². The molecule has 0 radical (unpaired) electrons. The van der Waals surface area contributed by atoms with Gasteiger partial charge in [0.15, 0.2) is 0 Å². The fourth-order valence-electron chi connectivity index (χ4n) is 4.14. The highest BCUT2D eigenvalue weighted by molar-refractivity contribution is 6.07. The normalized spacial score (nSPS) is 19.0. The number of rotatable bonds is 8. The lowest BCUT2D eigenvalue weighted by Crippen LogP contribution is -2.44. The van der Waals surface area contributed by atoms with Crippen molar-refractivity contribution >= 4 is 18.0 Å². The summed E-state index contributed by atoms with van der Waals surface area (Å²) in [6.45, 7) is 2.82. The third-order valence-corrected chi connectivity index (χ3v) is 5.63. The van der Waals surface area contributed by atoms with E-state index in [-0.39, 0.29) is 24.0 Å². The van der Waals surface area contributed by atoms with Gasteiger partial charge in [-0.25, -0.2) is 9.59 Å². The number of carbonyl (C=O) groups is 3. The van der Waals surface area contributed by atoms with Crippen molar-refractivity contribution in [1.29, 1.82) is 0 Å². The number of urea groups is 2. The molecular weight excluding hydrogens is 356 g/mol. The van der Waals surface area contributed by atoms with Crippen LogP contribution < -0.4 is 16.0 Å². The summed E-state index contributed by atoms with van der Waals surface area (Å²) >= 11 is 0. The summed E-state index contributed by atoms with van der Waals surface area (Å²) in [6, 6.07) is 9.35. The number of amides is 5. The average Bonchev–Trinajstić information content (AvgIpc) is 3.25. The minimum atomic E-state index is -0.662. The lowest BCUT2D eigenvalue weighted by molar-refractivity contribution is -0.131. The van der Waals surface area contributed by atoms with Crippen LogP contribution in [-0.2, 0) is 4.79 Å². The van der Waals surface area contributed by atoms with Gasteiger partial charge >= 0.3 is 12.1 Å². The molecule has 1 aliphatic heterocycles. The number of hydrogen-bond donors (Lipinski definition) is 3. The van der Waals surface area contributed by atoms with Gasteiger partial charge in [-0.3, -0.25) is 9.69 Å². The number of imide groups is 1. The molecule has 0 aromatic heterocycles. The molecule has 1 spiro atoms. The first kappa shape index (κ1) is 20.2. The first-order chi connectivity index (χ1) is 13.6. The van der Waals surface area contributed by atoms with Crippen LogP contribution in [0.15, 0.2) is 30.3 Å². The van der Waals surface area contributed by atoms with Gasteiger partial charge in [0.05, 0.1) is 6.04 Å². The summed E-state index contributed by atoms with van der Waals surface area (Å²) < 4.78 is 0. The molecular formula is C21H30N4O3. The maximum atomic E-state index is 12.6. The summed E-state index contributed by atoms with van der Waals surface area (Å²) in [6.07, 6.45) is 5.77. The van der Waals surface area contributed by atoms with Gasteiger partial charge in [0.25, 0.3) is 5.91 Å². The quantitative estimate of drug-likeness (QED) is 0.474. The lowest BCUT2D eigenvalue weighted by Gasteiger charge is -2.20. The number of carbonyl (C=O) groups excluding carboxylic acids is 3. The largest absolute Gasteiger partial charge is 0.338 e. The van der Waals surface area contributed by atoms with Crippen LogP contribution >= 0.6 is 0 Å². The molecule has 1 heterocycles. The fourth-order valence-corrected chi connectivity index (χ4v) is 4.14. The van der Waals surface area contributed by atoms with E-state index in [1.165, 1.54) is 4.90 Å². The molecule has 1 aromatic carbocycles. The van der Waals surface area contributed by atoms with Crippen LogP contribution in [-0.4, -0.2) is 41.5 Å². The second kappa shape index (κ2) is 9.08. The van der Waals surface area contributed by atoms with Crippen LogP contribution in [0, 0.1) is 0 Å². The molecule has 1 aromatic rings. The summed E-state index contributed by atoms with van der Waals surface area (Å²) in [4.78, 5) is 38.3. The number of hydrogen-bond acceptors (Lipinski definition) is 3. The van der Waals surface area contributed by atoms with Gasteiger partial charge in [0, 0.05) is 13.1 Å². The van der Waals surface area contributed by atoms with E-state index in [2.05, 4.69) is 22.9 Å². The number of benzene rings is 1. The highest BCUT2D eigenvalue weighted by Gasteiger charge is 2.51. The van der Waals surface area contributed by atoms with Gasteiger partial charge in [-0.1, -0.05) is 56.5 Å². The molecule has 7 heteroatoms. The van der Waals surface area contributed by atoms with Crippen LogP contribution in [0.3, 0.4) is 0 Å². The Labute approximate surface area is 166 Å². The zero-order valence-electron chi connectivity index (χ0n) is 16.5. The summed E-state index contributed by atoms with van der Waals surface area (Å²) in [5.74, 6) is -0.105. The van der Waals surface area contributed by atoms with Gasteiger partial charge in [-0.05, 0) is 31.2 Å². The van der Waals surface area contributed by atoms with Crippen molar-refractivity contribution in [2.75, 3.05) is 13.1 Å². The molecule has 5 amide bonds. The standard InChI is InChI=1S/C21H30N4O3/c1-2-9-17(16-10-4-3-5-11-16)23-19(27)22-14-8-15-25-18(26)21(24-20(25)28)12-6-7-13-21/h3-5,10-11,17H,2,6-9,12-15H2,1H3,(H,24,28)(H2,22,23,27)/t17-/m1/s1. The van der Waals surface area contributed by atoms with Gasteiger partial charge in [0.2, 0.25) is 0 Å². The topological polar surface area (TPSA) is 90.5 Å². The molecule has 2 aliphatic rings. The monoisotopic (exact) mass is 386 g/mol. The second-order valence-electron chi connectivity index (χ2n) is 7.68. The van der Waals surface area contributed by atoms with Crippen molar-refractivity contribution in [3.8, 4) is 0 Å². The Morgan fingerprint density at radius 3 is 2.61 bits per heavy atom. The SMILES string of the molecule is CCC[C@@H](NC(=O)NCCCN1C(=O)NC2(CCCC2)C1=O)c1ccccc1. The Kier molecular flexibility index (Phi) is 6.54. The molecule has 1 saturated heterocycles. The Hall–Kier alpha value is -2.57. The predicted octanol–water partition coefficient (Wildman–Crippen LogP) is 3.08. The van der Waals surface area contributed by atoms with E-state index in [4.69, 9.17) is 0 Å². The fraction of sp³-hybridized carbons (Fsp3) is 0.571. The molecule has 152 valence electrons. The van der Waals surface area contributed by atoms with Crippen LogP contribution in [0.4, 0.5) is 9.59 Å². The zero-order chi connectivity index (χ0) is 20.0. The summed E-state index contributed by atoms with van der Waals surface area (Å²) in [5.41, 5.74) is 0.422. The van der Waals surface area contributed by atoms with Gasteiger partial charge in [0.1, 0.15) is 5.54 Å². The zero-order valence-corrected chi connectivity index (χ0v) is 16.5. The van der Waals surface area contributed by atoms with Gasteiger partial charge in [-0.15, -0.1) is 0 Å². The average molecular weight is 386 g/mol. The van der Waals surface area contributed by atoms with Crippen molar-refractivity contribution < 1.29 is 14.4 Å². The molecule has 1 saturated carbocycles. The number of nitrogens with one attached hydrogen (secondary N) is 3. The van der Waals surface area contributed by atoms with Crippen molar-refractivity contribution in [2.24, 2.45) is 0 Å². The minimum absolute atomic E-state index is 0.0284. The van der Waals surface area contributed by atoms with E-state index < -0.39 is 5.54 Å². The summed E-state index contributed by atoms with van der Waals surface area (Å²) in [5, 5.41) is 8.72. The highest BCUT2D eigenvalue weighted by Crippen LogP contribution is 2.34. The minimum Gasteiger partial charge on any atom is -0.338 e. The number of nitrogens with zero attached hydrogens (tertiary/aromatic N) is 1. The second-order valence-corrected chi connectivity index (χ2v) is 7.68. The Balaban J connectivity index is 1.43. The van der Waals surface area contributed by atoms with Crippen LogP contribution in [0.1, 0.15) is 63.5 Å². The molecule has 28 heavy (non-hydrogen) atoms. The van der Waals surface area contributed by atoms with Crippen LogP contribution in [0.2, 0.25) is 0 Å². The van der Waals surface area contributed by atoms with Crippen molar-refractivity contribution in [3.63, 3.8) is 0 Å². The van der Waals surface area contributed by atoms with E-state index in [1.807, 2.05) is 30.3 Å². The Morgan fingerprint density at radius 2 is 1.93 bits per heavy atom. The first-order valence-corrected chi connectivity index (χ1v) is 10.3. The van der Waals surface area contributed by atoms with Crippen LogP contribution in [0.5, 0.6) is 0 Å². The summed E-state index contributed by atoms with van der Waals surface area (Å²) in [7, 11) is 0. The maximum Gasteiger partial charge on any atom is 0.325 e. The molecule has 3 N–H and O–H groups in total. The molecule has 2 fully saturated rings. The van der Waals surface area contributed by atoms with E-state index in [0.717, 1.165) is 44.1 Å². The molecule has 1 atom stereocenters. The third kappa shape index (κ3) is 4.46. The van der Waals surface area contributed by atoms with E-state index in [0.29, 0.717) is 19.5 Å².